The second-order valence-electron chi connectivity index (χ2n) is 6.03. The summed E-state index contributed by atoms with van der Waals surface area (Å²) in [6.45, 7) is 4.28. The predicted molar refractivity (Wildman–Crippen MR) is 85.6 cm³/mol. The Morgan fingerprint density at radius 1 is 1.33 bits per heavy atom. The fourth-order valence-electron chi connectivity index (χ4n) is 2.51. The van der Waals surface area contributed by atoms with Crippen LogP contribution in [0, 0.1) is 0 Å². The number of nitrogen functional groups attached to an aromatic ring is 1. The quantitative estimate of drug-likeness (QED) is 0.897. The van der Waals surface area contributed by atoms with Gasteiger partial charge in [0.05, 0.1) is 5.69 Å². The fourth-order valence-corrected chi connectivity index (χ4v) is 2.51. The van der Waals surface area contributed by atoms with Gasteiger partial charge in [-0.1, -0.05) is 26.0 Å². The number of benzene rings is 1. The SMILES string of the molecule is CC(C)c1cccc(NC(=O)c2cc(N)cn2C2CC2)c1. The van der Waals surface area contributed by atoms with Gasteiger partial charge in [-0.25, -0.2) is 0 Å². The van der Waals surface area contributed by atoms with Gasteiger partial charge in [0.25, 0.3) is 5.91 Å². The molecule has 3 N–H and O–H groups in total. The lowest BCUT2D eigenvalue weighted by molar-refractivity contribution is 0.101. The van der Waals surface area contributed by atoms with Crippen LogP contribution < -0.4 is 11.1 Å². The van der Waals surface area contributed by atoms with Crippen molar-refractivity contribution in [1.82, 2.24) is 4.57 Å². The third kappa shape index (κ3) is 2.94. The van der Waals surface area contributed by atoms with E-state index in [-0.39, 0.29) is 5.91 Å². The molecule has 1 heterocycles. The Morgan fingerprint density at radius 3 is 2.76 bits per heavy atom. The summed E-state index contributed by atoms with van der Waals surface area (Å²) in [4.78, 5) is 12.5. The van der Waals surface area contributed by atoms with Crippen molar-refractivity contribution in [3.63, 3.8) is 0 Å². The number of anilines is 2. The maximum Gasteiger partial charge on any atom is 0.272 e. The summed E-state index contributed by atoms with van der Waals surface area (Å²) >= 11 is 0. The Balaban J connectivity index is 1.81. The third-order valence-electron chi connectivity index (χ3n) is 3.85. The lowest BCUT2D eigenvalue weighted by Gasteiger charge is -2.11. The number of rotatable bonds is 4. The zero-order valence-electron chi connectivity index (χ0n) is 12.5. The summed E-state index contributed by atoms with van der Waals surface area (Å²) in [5.41, 5.74) is 9.16. The molecular formula is C17H21N3O. The predicted octanol–water partition coefficient (Wildman–Crippen LogP) is 3.78. The van der Waals surface area contributed by atoms with E-state index in [9.17, 15) is 4.79 Å². The number of hydrogen-bond donors (Lipinski definition) is 2. The second kappa shape index (κ2) is 5.28. The number of nitrogens with one attached hydrogen (secondary N) is 1. The van der Waals surface area contributed by atoms with Crippen LogP contribution in [-0.2, 0) is 0 Å². The smallest absolute Gasteiger partial charge is 0.272 e. The van der Waals surface area contributed by atoms with Crippen LogP contribution in [0.25, 0.3) is 0 Å². The summed E-state index contributed by atoms with van der Waals surface area (Å²) in [7, 11) is 0. The molecule has 0 saturated heterocycles. The van der Waals surface area contributed by atoms with Gasteiger partial charge in [-0.05, 0) is 42.5 Å². The Kier molecular flexibility index (Phi) is 3.45. The molecule has 1 aliphatic carbocycles. The van der Waals surface area contributed by atoms with Crippen LogP contribution in [0.2, 0.25) is 0 Å². The van der Waals surface area contributed by atoms with E-state index in [0.29, 0.717) is 23.3 Å². The lowest BCUT2D eigenvalue weighted by Crippen LogP contribution is -2.16. The largest absolute Gasteiger partial charge is 0.397 e. The summed E-state index contributed by atoms with van der Waals surface area (Å²) in [6, 6.07) is 10.2. The molecule has 0 unspecified atom stereocenters. The molecule has 0 bridgehead atoms. The van der Waals surface area contributed by atoms with Gasteiger partial charge in [0.15, 0.2) is 0 Å². The minimum atomic E-state index is -0.0977. The number of amides is 1. The topological polar surface area (TPSA) is 60.1 Å². The highest BCUT2D eigenvalue weighted by atomic mass is 16.1. The monoisotopic (exact) mass is 283 g/mol. The Labute approximate surface area is 125 Å². The lowest BCUT2D eigenvalue weighted by atomic mass is 10.0. The summed E-state index contributed by atoms with van der Waals surface area (Å²) in [6.07, 6.45) is 4.10. The molecule has 1 aliphatic rings. The van der Waals surface area contributed by atoms with E-state index >= 15 is 0 Å². The van der Waals surface area contributed by atoms with Gasteiger partial charge in [-0.2, -0.15) is 0 Å². The first-order valence-electron chi connectivity index (χ1n) is 7.43. The standard InChI is InChI=1S/C17H21N3O/c1-11(2)12-4-3-5-14(8-12)19-17(21)16-9-13(18)10-20(16)15-6-7-15/h3-5,8-11,15H,6-7,18H2,1-2H3,(H,19,21). The molecule has 1 aromatic heterocycles. The van der Waals surface area contributed by atoms with Gasteiger partial charge in [0, 0.05) is 17.9 Å². The fraction of sp³-hybridized carbons (Fsp3) is 0.353. The van der Waals surface area contributed by atoms with Gasteiger partial charge in [0.2, 0.25) is 0 Å². The number of hydrogen-bond acceptors (Lipinski definition) is 2. The van der Waals surface area contributed by atoms with Gasteiger partial charge in [-0.3, -0.25) is 4.79 Å². The molecule has 110 valence electrons. The van der Waals surface area contributed by atoms with Crippen molar-refractivity contribution >= 4 is 17.3 Å². The van der Waals surface area contributed by atoms with Crippen molar-refractivity contribution in [1.29, 1.82) is 0 Å². The van der Waals surface area contributed by atoms with Crippen LogP contribution >= 0.6 is 0 Å². The summed E-state index contributed by atoms with van der Waals surface area (Å²) in [5, 5.41) is 2.97. The highest BCUT2D eigenvalue weighted by molar-refractivity contribution is 6.04. The van der Waals surface area contributed by atoms with Crippen LogP contribution in [0.3, 0.4) is 0 Å². The van der Waals surface area contributed by atoms with Crippen molar-refractivity contribution in [3.8, 4) is 0 Å². The molecule has 21 heavy (non-hydrogen) atoms. The number of carbonyl (C=O) groups is 1. The third-order valence-corrected chi connectivity index (χ3v) is 3.85. The second-order valence-corrected chi connectivity index (χ2v) is 6.03. The number of nitrogens with two attached hydrogens (primary N) is 1. The maximum atomic E-state index is 12.5. The Hall–Kier alpha value is -2.23. The average molecular weight is 283 g/mol. The first-order chi connectivity index (χ1) is 10.0. The van der Waals surface area contributed by atoms with Crippen LogP contribution in [-0.4, -0.2) is 10.5 Å². The van der Waals surface area contributed by atoms with E-state index in [2.05, 4.69) is 25.2 Å². The Morgan fingerprint density at radius 2 is 2.10 bits per heavy atom. The molecule has 0 aliphatic heterocycles. The van der Waals surface area contributed by atoms with Crippen molar-refractivity contribution < 1.29 is 4.79 Å². The van der Waals surface area contributed by atoms with Gasteiger partial charge in [0.1, 0.15) is 5.69 Å². The summed E-state index contributed by atoms with van der Waals surface area (Å²) in [5.74, 6) is 0.340. The molecule has 3 rings (SSSR count). The van der Waals surface area contributed by atoms with E-state index in [1.807, 2.05) is 29.0 Å². The van der Waals surface area contributed by atoms with Crippen molar-refractivity contribution in [3.05, 3.63) is 47.8 Å². The van der Waals surface area contributed by atoms with E-state index in [4.69, 9.17) is 5.73 Å². The van der Waals surface area contributed by atoms with E-state index in [0.717, 1.165) is 18.5 Å². The molecule has 2 aromatic rings. The van der Waals surface area contributed by atoms with Crippen LogP contribution in [0.4, 0.5) is 11.4 Å². The van der Waals surface area contributed by atoms with Crippen LogP contribution in [0.5, 0.6) is 0 Å². The number of carbonyl (C=O) groups excluding carboxylic acids is 1. The minimum absolute atomic E-state index is 0.0977. The van der Waals surface area contributed by atoms with Crippen molar-refractivity contribution in [2.24, 2.45) is 0 Å². The van der Waals surface area contributed by atoms with Gasteiger partial charge >= 0.3 is 0 Å². The van der Waals surface area contributed by atoms with Gasteiger partial charge in [-0.15, -0.1) is 0 Å². The number of aromatic nitrogens is 1. The van der Waals surface area contributed by atoms with Crippen LogP contribution in [0.1, 0.15) is 54.7 Å². The molecule has 1 saturated carbocycles. The first kappa shape index (κ1) is 13.7. The molecule has 0 spiro atoms. The zero-order chi connectivity index (χ0) is 15.0. The van der Waals surface area contributed by atoms with Crippen molar-refractivity contribution in [2.75, 3.05) is 11.1 Å². The zero-order valence-corrected chi connectivity index (χ0v) is 12.5. The molecular weight excluding hydrogens is 262 g/mol. The van der Waals surface area contributed by atoms with E-state index in [1.54, 1.807) is 6.07 Å². The van der Waals surface area contributed by atoms with Crippen LogP contribution in [0.15, 0.2) is 36.5 Å². The molecule has 0 atom stereocenters. The summed E-state index contributed by atoms with van der Waals surface area (Å²) < 4.78 is 2.00. The Bertz CT molecular complexity index is 668. The van der Waals surface area contributed by atoms with E-state index in [1.165, 1.54) is 5.56 Å². The molecule has 0 radical (unpaired) electrons. The highest BCUT2D eigenvalue weighted by Gasteiger charge is 2.27. The van der Waals surface area contributed by atoms with E-state index < -0.39 is 0 Å². The number of nitrogens with zero attached hydrogens (tertiary/aromatic N) is 1. The van der Waals surface area contributed by atoms with Crippen molar-refractivity contribution in [2.45, 2.75) is 38.6 Å². The maximum absolute atomic E-state index is 12.5. The molecule has 1 aromatic carbocycles. The minimum Gasteiger partial charge on any atom is -0.397 e. The molecule has 4 nitrogen and oxygen atoms in total. The average Bonchev–Trinajstić information content (AvgIpc) is 3.21. The molecule has 1 amide bonds. The van der Waals surface area contributed by atoms with Gasteiger partial charge < -0.3 is 15.6 Å². The normalized spacial score (nSPS) is 14.4. The molecule has 4 heteroatoms. The highest BCUT2D eigenvalue weighted by Crippen LogP contribution is 2.37. The first-order valence-corrected chi connectivity index (χ1v) is 7.43. The molecule has 1 fully saturated rings.